The quantitative estimate of drug-likeness (QED) is 0.898. The third kappa shape index (κ3) is 4.18. The molecule has 1 atom stereocenters. The maximum Gasteiger partial charge on any atom is 0.244 e. The van der Waals surface area contributed by atoms with Crippen molar-refractivity contribution >= 4 is 10.0 Å². The molecule has 2 rings (SSSR count). The summed E-state index contributed by atoms with van der Waals surface area (Å²) in [6.45, 7) is 4.41. The van der Waals surface area contributed by atoms with Crippen LogP contribution in [0.3, 0.4) is 0 Å². The van der Waals surface area contributed by atoms with Gasteiger partial charge >= 0.3 is 0 Å². The SMILES string of the molecule is COc1cc(C)ccc1S(=O)(=O)NCC1CCCN(C)C1. The first-order chi connectivity index (χ1) is 9.92. The number of hydrogen-bond donors (Lipinski definition) is 1. The lowest BCUT2D eigenvalue weighted by molar-refractivity contribution is 0.211. The van der Waals surface area contributed by atoms with Crippen LogP contribution in [0.2, 0.25) is 0 Å². The average molecular weight is 312 g/mol. The molecule has 0 spiro atoms. The van der Waals surface area contributed by atoms with Crippen molar-refractivity contribution < 1.29 is 13.2 Å². The van der Waals surface area contributed by atoms with Gasteiger partial charge in [-0.2, -0.15) is 0 Å². The van der Waals surface area contributed by atoms with Crippen molar-refractivity contribution in [2.45, 2.75) is 24.7 Å². The minimum absolute atomic E-state index is 0.208. The summed E-state index contributed by atoms with van der Waals surface area (Å²) in [7, 11) is 0.0329. The van der Waals surface area contributed by atoms with Crippen LogP contribution in [0.15, 0.2) is 23.1 Å². The summed E-state index contributed by atoms with van der Waals surface area (Å²) in [5.41, 5.74) is 0.972. The van der Waals surface area contributed by atoms with E-state index in [-0.39, 0.29) is 4.90 Å². The van der Waals surface area contributed by atoms with Crippen molar-refractivity contribution in [2.75, 3.05) is 33.8 Å². The molecule has 1 fully saturated rings. The summed E-state index contributed by atoms with van der Waals surface area (Å²) in [6.07, 6.45) is 2.19. The molecule has 0 amide bonds. The van der Waals surface area contributed by atoms with Gasteiger partial charge in [0.05, 0.1) is 7.11 Å². The fraction of sp³-hybridized carbons (Fsp3) is 0.600. The van der Waals surface area contributed by atoms with Crippen molar-refractivity contribution in [3.8, 4) is 5.75 Å². The third-order valence-electron chi connectivity index (χ3n) is 3.89. The molecular formula is C15H24N2O3S. The monoisotopic (exact) mass is 312 g/mol. The average Bonchev–Trinajstić information content (AvgIpc) is 2.45. The molecule has 0 saturated carbocycles. The summed E-state index contributed by atoms with van der Waals surface area (Å²) in [6, 6.07) is 5.12. The summed E-state index contributed by atoms with van der Waals surface area (Å²) in [5, 5.41) is 0. The smallest absolute Gasteiger partial charge is 0.244 e. The molecule has 0 bridgehead atoms. The van der Waals surface area contributed by atoms with Gasteiger partial charge in [0, 0.05) is 13.1 Å². The van der Waals surface area contributed by atoms with Crippen LogP contribution < -0.4 is 9.46 Å². The van der Waals surface area contributed by atoms with Crippen LogP contribution in [0.5, 0.6) is 5.75 Å². The van der Waals surface area contributed by atoms with Gasteiger partial charge in [-0.15, -0.1) is 0 Å². The number of aryl methyl sites for hydroxylation is 1. The van der Waals surface area contributed by atoms with E-state index >= 15 is 0 Å². The van der Waals surface area contributed by atoms with Crippen LogP contribution in [0.25, 0.3) is 0 Å². The summed E-state index contributed by atoms with van der Waals surface area (Å²) in [5.74, 6) is 0.762. The zero-order chi connectivity index (χ0) is 15.5. The molecule has 1 heterocycles. The predicted molar refractivity (Wildman–Crippen MR) is 83.1 cm³/mol. The van der Waals surface area contributed by atoms with Crippen molar-refractivity contribution in [3.63, 3.8) is 0 Å². The standard InChI is InChI=1S/C15H24N2O3S/c1-12-6-7-15(14(9-12)20-3)21(18,19)16-10-13-5-4-8-17(2)11-13/h6-7,9,13,16H,4-5,8,10-11H2,1-3H3. The second kappa shape index (κ2) is 6.77. The Labute approximate surface area is 127 Å². The Morgan fingerprint density at radius 1 is 1.43 bits per heavy atom. The number of nitrogens with one attached hydrogen (secondary N) is 1. The van der Waals surface area contributed by atoms with Crippen LogP contribution in [-0.4, -0.2) is 47.1 Å². The molecule has 1 aromatic rings. The number of nitrogens with zero attached hydrogens (tertiary/aromatic N) is 1. The number of piperidine rings is 1. The Kier molecular flexibility index (Phi) is 5.24. The van der Waals surface area contributed by atoms with E-state index in [1.807, 2.05) is 6.92 Å². The van der Waals surface area contributed by atoms with E-state index in [9.17, 15) is 8.42 Å². The lowest BCUT2D eigenvalue weighted by Gasteiger charge is -2.29. The normalized spacial score (nSPS) is 20.4. The topological polar surface area (TPSA) is 58.6 Å². The van der Waals surface area contributed by atoms with Gasteiger partial charge in [-0.05, 0) is 57.0 Å². The molecule has 5 nitrogen and oxygen atoms in total. The van der Waals surface area contributed by atoms with E-state index < -0.39 is 10.0 Å². The molecule has 118 valence electrons. The molecule has 1 aliphatic rings. The van der Waals surface area contributed by atoms with Crippen LogP contribution in [-0.2, 0) is 10.0 Å². The molecule has 1 N–H and O–H groups in total. The molecule has 6 heteroatoms. The Morgan fingerprint density at radius 2 is 2.19 bits per heavy atom. The van der Waals surface area contributed by atoms with Crippen molar-refractivity contribution in [2.24, 2.45) is 5.92 Å². The second-order valence-corrected chi connectivity index (χ2v) is 7.51. The minimum Gasteiger partial charge on any atom is -0.495 e. The highest BCUT2D eigenvalue weighted by Gasteiger charge is 2.23. The Balaban J connectivity index is 2.08. The van der Waals surface area contributed by atoms with Crippen LogP contribution >= 0.6 is 0 Å². The maximum absolute atomic E-state index is 12.4. The Morgan fingerprint density at radius 3 is 2.86 bits per heavy atom. The zero-order valence-corrected chi connectivity index (χ0v) is 13.7. The number of sulfonamides is 1. The molecular weight excluding hydrogens is 288 g/mol. The van der Waals surface area contributed by atoms with Gasteiger partial charge < -0.3 is 9.64 Å². The van der Waals surface area contributed by atoms with Crippen molar-refractivity contribution in [1.82, 2.24) is 9.62 Å². The van der Waals surface area contributed by atoms with Gasteiger partial charge in [0.2, 0.25) is 10.0 Å². The van der Waals surface area contributed by atoms with Crippen molar-refractivity contribution in [1.29, 1.82) is 0 Å². The lowest BCUT2D eigenvalue weighted by Crippen LogP contribution is -2.39. The van der Waals surface area contributed by atoms with E-state index in [4.69, 9.17) is 4.74 Å². The number of methoxy groups -OCH3 is 1. The van der Waals surface area contributed by atoms with E-state index in [1.165, 1.54) is 7.11 Å². The zero-order valence-electron chi connectivity index (χ0n) is 12.9. The Bertz CT molecular complexity index is 587. The minimum atomic E-state index is -3.53. The first-order valence-electron chi connectivity index (χ1n) is 7.25. The highest BCUT2D eigenvalue weighted by molar-refractivity contribution is 7.89. The highest BCUT2D eigenvalue weighted by atomic mass is 32.2. The van der Waals surface area contributed by atoms with Crippen LogP contribution in [0.4, 0.5) is 0 Å². The molecule has 0 radical (unpaired) electrons. The van der Waals surface area contributed by atoms with Gasteiger partial charge in [0.15, 0.2) is 0 Å². The van der Waals surface area contributed by atoms with E-state index in [2.05, 4.69) is 16.7 Å². The summed E-state index contributed by atoms with van der Waals surface area (Å²) in [4.78, 5) is 2.45. The maximum atomic E-state index is 12.4. The van der Waals surface area contributed by atoms with Gasteiger partial charge in [-0.25, -0.2) is 13.1 Å². The second-order valence-electron chi connectivity index (χ2n) is 5.78. The molecule has 0 aromatic heterocycles. The number of benzene rings is 1. The predicted octanol–water partition coefficient (Wildman–Crippen LogP) is 1.62. The van der Waals surface area contributed by atoms with E-state index in [0.717, 1.165) is 31.5 Å². The third-order valence-corrected chi connectivity index (χ3v) is 5.36. The van der Waals surface area contributed by atoms with E-state index in [1.54, 1.807) is 18.2 Å². The van der Waals surface area contributed by atoms with Crippen LogP contribution in [0.1, 0.15) is 18.4 Å². The fourth-order valence-corrected chi connectivity index (χ4v) is 4.01. The molecule has 1 aliphatic heterocycles. The fourth-order valence-electron chi connectivity index (χ4n) is 2.74. The number of hydrogen-bond acceptors (Lipinski definition) is 4. The summed E-state index contributed by atoms with van der Waals surface area (Å²) >= 11 is 0. The van der Waals surface area contributed by atoms with Gasteiger partial charge in [0.1, 0.15) is 10.6 Å². The number of rotatable bonds is 5. The first kappa shape index (κ1) is 16.3. The largest absolute Gasteiger partial charge is 0.495 e. The lowest BCUT2D eigenvalue weighted by atomic mass is 9.99. The van der Waals surface area contributed by atoms with Gasteiger partial charge in [-0.1, -0.05) is 6.07 Å². The molecule has 21 heavy (non-hydrogen) atoms. The van der Waals surface area contributed by atoms with Crippen LogP contribution in [0, 0.1) is 12.8 Å². The van der Waals surface area contributed by atoms with Gasteiger partial charge in [0.25, 0.3) is 0 Å². The van der Waals surface area contributed by atoms with Gasteiger partial charge in [-0.3, -0.25) is 0 Å². The summed E-state index contributed by atoms with van der Waals surface area (Å²) < 4.78 is 32.8. The molecule has 1 unspecified atom stereocenters. The molecule has 1 saturated heterocycles. The molecule has 0 aliphatic carbocycles. The molecule has 1 aromatic carbocycles. The Hall–Kier alpha value is -1.11. The van der Waals surface area contributed by atoms with E-state index in [0.29, 0.717) is 18.2 Å². The number of ether oxygens (including phenoxy) is 1. The number of likely N-dealkylation sites (tertiary alicyclic amines) is 1. The highest BCUT2D eigenvalue weighted by Crippen LogP contribution is 2.25. The van der Waals surface area contributed by atoms with Crippen molar-refractivity contribution in [3.05, 3.63) is 23.8 Å². The first-order valence-corrected chi connectivity index (χ1v) is 8.73.